The van der Waals surface area contributed by atoms with Crippen molar-refractivity contribution < 1.29 is 9.18 Å². The molecule has 0 heterocycles. The third-order valence-corrected chi connectivity index (χ3v) is 3.93. The molecule has 0 saturated heterocycles. The van der Waals surface area contributed by atoms with Gasteiger partial charge < -0.3 is 9.80 Å². The highest BCUT2D eigenvalue weighted by Gasteiger charge is 2.16. The van der Waals surface area contributed by atoms with Crippen molar-refractivity contribution in [2.75, 3.05) is 27.2 Å². The van der Waals surface area contributed by atoms with Crippen LogP contribution < -0.4 is 0 Å². The smallest absolute Gasteiger partial charge is 0.227 e. The topological polar surface area (TPSA) is 47.3 Å². The number of rotatable bonds is 7. The third-order valence-electron chi connectivity index (χ3n) is 3.93. The van der Waals surface area contributed by atoms with Crippen LogP contribution in [0.25, 0.3) is 0 Å². The molecule has 25 heavy (non-hydrogen) atoms. The molecule has 0 spiro atoms. The summed E-state index contributed by atoms with van der Waals surface area (Å²) < 4.78 is 13.8. The van der Waals surface area contributed by atoms with Crippen LogP contribution in [0.4, 0.5) is 4.39 Å². The Hall–Kier alpha value is -2.71. The first-order valence-electron chi connectivity index (χ1n) is 8.14. The van der Waals surface area contributed by atoms with Gasteiger partial charge in [0.05, 0.1) is 18.1 Å². The summed E-state index contributed by atoms with van der Waals surface area (Å²) in [5.41, 5.74) is 1.93. The highest BCUT2D eigenvalue weighted by Crippen LogP contribution is 2.12. The van der Waals surface area contributed by atoms with Gasteiger partial charge in [0.2, 0.25) is 5.91 Å². The van der Waals surface area contributed by atoms with Crippen LogP contribution in [0.2, 0.25) is 0 Å². The SMILES string of the molecule is CN(C)CCN(Cc1ccc(C#N)cc1)C(=O)Cc1ccccc1F. The molecule has 0 atom stereocenters. The number of halogens is 1. The molecule has 0 aliphatic rings. The second-order valence-corrected chi connectivity index (χ2v) is 6.20. The maximum absolute atomic E-state index is 13.8. The Labute approximate surface area is 148 Å². The van der Waals surface area contributed by atoms with Crippen LogP contribution >= 0.6 is 0 Å². The molecular formula is C20H22FN3O. The monoisotopic (exact) mass is 339 g/mol. The summed E-state index contributed by atoms with van der Waals surface area (Å²) in [6.45, 7) is 1.71. The molecule has 0 saturated carbocycles. The van der Waals surface area contributed by atoms with Crippen molar-refractivity contribution in [1.29, 1.82) is 5.26 Å². The Morgan fingerprint density at radius 2 is 1.76 bits per heavy atom. The highest BCUT2D eigenvalue weighted by molar-refractivity contribution is 5.78. The van der Waals surface area contributed by atoms with Crippen LogP contribution in [0.3, 0.4) is 0 Å². The molecule has 0 fully saturated rings. The van der Waals surface area contributed by atoms with Gasteiger partial charge in [-0.15, -0.1) is 0 Å². The van der Waals surface area contributed by atoms with Gasteiger partial charge in [0.15, 0.2) is 0 Å². The van der Waals surface area contributed by atoms with Crippen LogP contribution in [-0.2, 0) is 17.8 Å². The summed E-state index contributed by atoms with van der Waals surface area (Å²) in [4.78, 5) is 16.4. The maximum atomic E-state index is 13.8. The van der Waals surface area contributed by atoms with Gasteiger partial charge in [0, 0.05) is 19.6 Å². The molecule has 2 rings (SSSR count). The fraction of sp³-hybridized carbons (Fsp3) is 0.300. The summed E-state index contributed by atoms with van der Waals surface area (Å²) in [5.74, 6) is -0.474. The van der Waals surface area contributed by atoms with E-state index >= 15 is 0 Å². The quantitative estimate of drug-likeness (QED) is 0.779. The molecule has 0 aliphatic carbocycles. The largest absolute Gasteiger partial charge is 0.337 e. The summed E-state index contributed by atoms with van der Waals surface area (Å²) in [6.07, 6.45) is 0.0381. The molecule has 2 aromatic rings. The third kappa shape index (κ3) is 5.70. The molecule has 0 unspecified atom stereocenters. The molecule has 5 heteroatoms. The van der Waals surface area contributed by atoms with Crippen molar-refractivity contribution in [2.24, 2.45) is 0 Å². The van der Waals surface area contributed by atoms with Gasteiger partial charge in [-0.05, 0) is 43.4 Å². The first-order valence-corrected chi connectivity index (χ1v) is 8.14. The van der Waals surface area contributed by atoms with E-state index in [1.807, 2.05) is 31.1 Å². The van der Waals surface area contributed by atoms with E-state index in [1.165, 1.54) is 6.07 Å². The lowest BCUT2D eigenvalue weighted by molar-refractivity contribution is -0.131. The van der Waals surface area contributed by atoms with Crippen LogP contribution in [0, 0.1) is 17.1 Å². The van der Waals surface area contributed by atoms with Crippen molar-refractivity contribution >= 4 is 5.91 Å². The van der Waals surface area contributed by atoms with Crippen molar-refractivity contribution in [2.45, 2.75) is 13.0 Å². The summed E-state index contributed by atoms with van der Waals surface area (Å²) in [6, 6.07) is 15.6. The summed E-state index contributed by atoms with van der Waals surface area (Å²) in [7, 11) is 3.89. The number of hydrogen-bond donors (Lipinski definition) is 0. The Morgan fingerprint density at radius 3 is 2.36 bits per heavy atom. The van der Waals surface area contributed by atoms with E-state index in [1.54, 1.807) is 35.2 Å². The zero-order chi connectivity index (χ0) is 18.2. The molecule has 1 amide bonds. The van der Waals surface area contributed by atoms with Crippen molar-refractivity contribution in [1.82, 2.24) is 9.80 Å². The van der Waals surface area contributed by atoms with E-state index in [0.29, 0.717) is 24.2 Å². The molecule has 2 aromatic carbocycles. The lowest BCUT2D eigenvalue weighted by Gasteiger charge is -2.25. The predicted molar refractivity (Wildman–Crippen MR) is 95.2 cm³/mol. The number of hydrogen-bond acceptors (Lipinski definition) is 3. The average Bonchev–Trinajstić information content (AvgIpc) is 2.60. The van der Waals surface area contributed by atoms with E-state index in [-0.39, 0.29) is 18.1 Å². The van der Waals surface area contributed by atoms with Gasteiger partial charge in [-0.2, -0.15) is 5.26 Å². The van der Waals surface area contributed by atoms with Gasteiger partial charge in [0.1, 0.15) is 5.82 Å². The van der Waals surface area contributed by atoms with Crippen molar-refractivity contribution in [3.05, 3.63) is 71.0 Å². The Kier molecular flexibility index (Phi) is 6.67. The van der Waals surface area contributed by atoms with Crippen LogP contribution in [0.1, 0.15) is 16.7 Å². The summed E-state index contributed by atoms with van der Waals surface area (Å²) >= 11 is 0. The first-order chi connectivity index (χ1) is 12.0. The average molecular weight is 339 g/mol. The molecule has 0 N–H and O–H groups in total. The highest BCUT2D eigenvalue weighted by atomic mass is 19.1. The second-order valence-electron chi connectivity index (χ2n) is 6.20. The van der Waals surface area contributed by atoms with E-state index in [0.717, 1.165) is 12.1 Å². The number of amides is 1. The number of nitrogens with zero attached hydrogens (tertiary/aromatic N) is 3. The molecule has 0 bridgehead atoms. The molecule has 0 aliphatic heterocycles. The molecule has 130 valence electrons. The first kappa shape index (κ1) is 18.6. The zero-order valence-corrected chi connectivity index (χ0v) is 14.6. The predicted octanol–water partition coefficient (Wildman–Crippen LogP) is 2.83. The van der Waals surface area contributed by atoms with E-state index in [4.69, 9.17) is 5.26 Å². The van der Waals surface area contributed by atoms with Gasteiger partial charge in [-0.3, -0.25) is 4.79 Å². The van der Waals surface area contributed by atoms with Crippen molar-refractivity contribution in [3.63, 3.8) is 0 Å². The second kappa shape index (κ2) is 8.95. The van der Waals surface area contributed by atoms with Gasteiger partial charge in [-0.1, -0.05) is 30.3 Å². The number of carbonyl (C=O) groups is 1. The summed E-state index contributed by atoms with van der Waals surface area (Å²) in [5, 5.41) is 8.88. The van der Waals surface area contributed by atoms with Gasteiger partial charge in [0.25, 0.3) is 0 Å². The maximum Gasteiger partial charge on any atom is 0.227 e. The van der Waals surface area contributed by atoms with E-state index in [2.05, 4.69) is 6.07 Å². The normalized spacial score (nSPS) is 10.5. The molecule has 0 radical (unpaired) electrons. The Bertz CT molecular complexity index is 750. The number of benzene rings is 2. The molecule has 4 nitrogen and oxygen atoms in total. The van der Waals surface area contributed by atoms with Crippen LogP contribution in [0.15, 0.2) is 48.5 Å². The fourth-order valence-electron chi connectivity index (χ4n) is 2.43. The minimum Gasteiger partial charge on any atom is -0.337 e. The zero-order valence-electron chi connectivity index (χ0n) is 14.6. The number of carbonyl (C=O) groups excluding carboxylic acids is 1. The lowest BCUT2D eigenvalue weighted by atomic mass is 10.1. The van der Waals surface area contributed by atoms with Gasteiger partial charge >= 0.3 is 0 Å². The van der Waals surface area contributed by atoms with E-state index in [9.17, 15) is 9.18 Å². The van der Waals surface area contributed by atoms with Gasteiger partial charge in [-0.25, -0.2) is 4.39 Å². The lowest BCUT2D eigenvalue weighted by Crippen LogP contribution is -2.37. The van der Waals surface area contributed by atoms with Crippen LogP contribution in [-0.4, -0.2) is 42.9 Å². The van der Waals surface area contributed by atoms with Crippen molar-refractivity contribution in [3.8, 4) is 6.07 Å². The Balaban J connectivity index is 2.12. The number of likely N-dealkylation sites (N-methyl/N-ethyl adjacent to an activating group) is 1. The number of nitriles is 1. The Morgan fingerprint density at radius 1 is 1.08 bits per heavy atom. The minimum absolute atomic E-state index is 0.0381. The van der Waals surface area contributed by atoms with E-state index < -0.39 is 0 Å². The molecule has 0 aromatic heterocycles. The van der Waals surface area contributed by atoms with Crippen LogP contribution in [0.5, 0.6) is 0 Å². The fourth-order valence-corrected chi connectivity index (χ4v) is 2.43. The standard InChI is InChI=1S/C20H22FN3O/c1-23(2)11-12-24(15-17-9-7-16(14-22)8-10-17)20(25)13-18-5-3-4-6-19(18)21/h3-10H,11-13,15H2,1-2H3. The minimum atomic E-state index is -0.359. The molecular weight excluding hydrogens is 317 g/mol.